The van der Waals surface area contributed by atoms with E-state index in [1.165, 1.54) is 6.42 Å². The van der Waals surface area contributed by atoms with Crippen LogP contribution in [0.25, 0.3) is 0 Å². The first-order chi connectivity index (χ1) is 14.6. The van der Waals surface area contributed by atoms with Crippen molar-refractivity contribution in [3.05, 3.63) is 35.4 Å². The molecule has 2 aliphatic heterocycles. The summed E-state index contributed by atoms with van der Waals surface area (Å²) >= 11 is 0. The van der Waals surface area contributed by atoms with Crippen LogP contribution in [0.1, 0.15) is 49.1 Å². The molecule has 1 N–H and O–H groups in total. The summed E-state index contributed by atoms with van der Waals surface area (Å²) < 4.78 is 4.95. The van der Waals surface area contributed by atoms with Crippen molar-refractivity contribution in [2.75, 3.05) is 33.4 Å². The van der Waals surface area contributed by atoms with E-state index in [9.17, 15) is 14.7 Å². The quantitative estimate of drug-likeness (QED) is 0.768. The number of benzene rings is 1. The van der Waals surface area contributed by atoms with E-state index in [-0.39, 0.29) is 48.9 Å². The molecule has 3 aliphatic rings. The zero-order chi connectivity index (χ0) is 21.1. The van der Waals surface area contributed by atoms with Gasteiger partial charge in [0.25, 0.3) is 0 Å². The molecule has 2 saturated heterocycles. The molecule has 6 nitrogen and oxygen atoms in total. The summed E-state index contributed by atoms with van der Waals surface area (Å²) in [5.74, 6) is 6.17. The summed E-state index contributed by atoms with van der Waals surface area (Å²) in [4.78, 5) is 29.4. The van der Waals surface area contributed by atoms with Crippen molar-refractivity contribution in [2.24, 2.45) is 5.92 Å². The molecule has 0 aromatic heterocycles. The van der Waals surface area contributed by atoms with E-state index in [0.717, 1.165) is 36.8 Å². The van der Waals surface area contributed by atoms with Gasteiger partial charge in [-0.3, -0.25) is 9.59 Å². The van der Waals surface area contributed by atoms with Gasteiger partial charge in [0.15, 0.2) is 0 Å². The number of carbonyl (C=O) groups is 2. The zero-order valence-corrected chi connectivity index (χ0v) is 17.5. The maximum atomic E-state index is 13.0. The average molecular weight is 411 g/mol. The van der Waals surface area contributed by atoms with Crippen molar-refractivity contribution >= 4 is 11.8 Å². The molecule has 2 heterocycles. The second-order valence-electron chi connectivity index (χ2n) is 8.55. The number of hydrogen-bond acceptors (Lipinski definition) is 4. The van der Waals surface area contributed by atoms with Gasteiger partial charge in [-0.1, -0.05) is 43.2 Å². The summed E-state index contributed by atoms with van der Waals surface area (Å²) in [7, 11) is 1.61. The van der Waals surface area contributed by atoms with Crippen LogP contribution in [0.4, 0.5) is 0 Å². The fourth-order valence-electron chi connectivity index (χ4n) is 5.27. The molecule has 3 fully saturated rings. The predicted octanol–water partition coefficient (Wildman–Crippen LogP) is 1.76. The minimum absolute atomic E-state index is 0.0295. The SMILES string of the molecule is COCC#Cc1ccc([C@@H]2[C@@H](CO)N3C(=O)CN(C(=O)C4CCCCC4)C[C@H]23)cc1. The molecule has 6 heteroatoms. The van der Waals surface area contributed by atoms with Gasteiger partial charge in [-0.25, -0.2) is 0 Å². The van der Waals surface area contributed by atoms with E-state index in [1.807, 2.05) is 24.3 Å². The maximum Gasteiger partial charge on any atom is 0.242 e. The molecule has 2 amide bonds. The summed E-state index contributed by atoms with van der Waals surface area (Å²) in [5.41, 5.74) is 1.98. The first-order valence-corrected chi connectivity index (χ1v) is 10.9. The molecular formula is C24H30N2O4. The number of amides is 2. The second kappa shape index (κ2) is 9.20. The van der Waals surface area contributed by atoms with Crippen molar-refractivity contribution in [1.82, 2.24) is 9.80 Å². The highest BCUT2D eigenvalue weighted by Crippen LogP contribution is 2.43. The molecule has 1 aromatic rings. The number of nitrogens with zero attached hydrogens (tertiary/aromatic N) is 2. The highest BCUT2D eigenvalue weighted by atomic mass is 16.5. The number of carbonyl (C=O) groups excluding carboxylic acids is 2. The van der Waals surface area contributed by atoms with Crippen molar-refractivity contribution < 1.29 is 19.4 Å². The van der Waals surface area contributed by atoms with E-state index in [0.29, 0.717) is 13.2 Å². The van der Waals surface area contributed by atoms with Gasteiger partial charge in [0, 0.05) is 31.1 Å². The van der Waals surface area contributed by atoms with Crippen LogP contribution in [0.2, 0.25) is 0 Å². The Morgan fingerprint density at radius 3 is 2.60 bits per heavy atom. The monoisotopic (exact) mass is 410 g/mol. The van der Waals surface area contributed by atoms with Crippen LogP contribution in [0.15, 0.2) is 24.3 Å². The topological polar surface area (TPSA) is 70.1 Å². The van der Waals surface area contributed by atoms with E-state index < -0.39 is 0 Å². The Morgan fingerprint density at radius 2 is 1.93 bits per heavy atom. The molecule has 0 unspecified atom stereocenters. The Hall–Kier alpha value is -2.36. The van der Waals surface area contributed by atoms with E-state index in [4.69, 9.17) is 4.74 Å². The minimum atomic E-state index is -0.222. The van der Waals surface area contributed by atoms with Gasteiger partial charge in [-0.05, 0) is 30.5 Å². The van der Waals surface area contributed by atoms with E-state index in [1.54, 1.807) is 16.9 Å². The van der Waals surface area contributed by atoms with Crippen LogP contribution in [0.5, 0.6) is 0 Å². The highest BCUT2D eigenvalue weighted by molar-refractivity contribution is 5.88. The minimum Gasteiger partial charge on any atom is -0.394 e. The van der Waals surface area contributed by atoms with Gasteiger partial charge in [0.05, 0.1) is 25.2 Å². The Balaban J connectivity index is 1.49. The van der Waals surface area contributed by atoms with Crippen molar-refractivity contribution in [3.63, 3.8) is 0 Å². The molecule has 30 heavy (non-hydrogen) atoms. The largest absolute Gasteiger partial charge is 0.394 e. The lowest BCUT2D eigenvalue weighted by molar-refractivity contribution is -0.168. The van der Waals surface area contributed by atoms with E-state index in [2.05, 4.69) is 11.8 Å². The molecule has 0 bridgehead atoms. The van der Waals surface area contributed by atoms with Gasteiger partial charge in [0.2, 0.25) is 11.8 Å². The second-order valence-corrected chi connectivity index (χ2v) is 8.55. The smallest absolute Gasteiger partial charge is 0.242 e. The number of rotatable bonds is 4. The number of hydrogen-bond donors (Lipinski definition) is 1. The third kappa shape index (κ3) is 3.97. The molecular weight excluding hydrogens is 380 g/mol. The lowest BCUT2D eigenvalue weighted by atomic mass is 9.73. The van der Waals surface area contributed by atoms with Crippen molar-refractivity contribution in [2.45, 2.75) is 50.1 Å². The molecule has 0 radical (unpaired) electrons. The maximum absolute atomic E-state index is 13.0. The number of piperazine rings is 1. The Bertz CT molecular complexity index is 835. The standard InChI is InChI=1S/C24H30N2O4/c1-30-13-5-6-17-9-11-18(12-10-17)23-20-14-25(15-22(28)26(20)21(23)16-27)24(29)19-7-3-2-4-8-19/h9-12,19-21,23,27H,2-4,7-8,13-16H2,1H3/t20-,21-,23+/m1/s1. The lowest BCUT2D eigenvalue weighted by Crippen LogP contribution is -2.73. The predicted molar refractivity (Wildman–Crippen MR) is 113 cm³/mol. The van der Waals surface area contributed by atoms with Crippen LogP contribution in [0.3, 0.4) is 0 Å². The molecule has 1 aromatic carbocycles. The Morgan fingerprint density at radius 1 is 1.20 bits per heavy atom. The fourth-order valence-corrected chi connectivity index (χ4v) is 5.27. The van der Waals surface area contributed by atoms with E-state index >= 15 is 0 Å². The summed E-state index contributed by atoms with van der Waals surface area (Å²) in [6, 6.07) is 7.68. The third-order valence-corrected chi connectivity index (χ3v) is 6.76. The number of ether oxygens (including phenoxy) is 1. The first-order valence-electron chi connectivity index (χ1n) is 10.9. The third-order valence-electron chi connectivity index (χ3n) is 6.76. The molecule has 0 spiro atoms. The van der Waals surface area contributed by atoms with Gasteiger partial charge < -0.3 is 19.6 Å². The van der Waals surface area contributed by atoms with Gasteiger partial charge in [0.1, 0.15) is 6.61 Å². The summed E-state index contributed by atoms with van der Waals surface area (Å²) in [5, 5.41) is 9.94. The van der Waals surface area contributed by atoms with Crippen LogP contribution in [-0.2, 0) is 14.3 Å². The molecule has 1 saturated carbocycles. The Labute approximate surface area is 178 Å². The number of methoxy groups -OCH3 is 1. The molecule has 3 atom stereocenters. The van der Waals surface area contributed by atoms with Crippen molar-refractivity contribution in [1.29, 1.82) is 0 Å². The van der Waals surface area contributed by atoms with Crippen molar-refractivity contribution in [3.8, 4) is 11.8 Å². The zero-order valence-electron chi connectivity index (χ0n) is 17.5. The van der Waals surface area contributed by atoms with Crippen LogP contribution in [0, 0.1) is 17.8 Å². The number of fused-ring (bicyclic) bond motifs is 1. The highest BCUT2D eigenvalue weighted by Gasteiger charge is 2.54. The molecule has 1 aliphatic carbocycles. The van der Waals surface area contributed by atoms with Crippen LogP contribution in [-0.4, -0.2) is 72.2 Å². The number of aliphatic hydroxyl groups excluding tert-OH is 1. The fraction of sp³-hybridized carbons (Fsp3) is 0.583. The van der Waals surface area contributed by atoms with Crippen LogP contribution >= 0.6 is 0 Å². The van der Waals surface area contributed by atoms with Gasteiger partial charge >= 0.3 is 0 Å². The van der Waals surface area contributed by atoms with Crippen LogP contribution < -0.4 is 0 Å². The lowest BCUT2D eigenvalue weighted by Gasteiger charge is -2.59. The molecule has 160 valence electrons. The molecule has 4 rings (SSSR count). The number of aliphatic hydroxyl groups is 1. The average Bonchev–Trinajstić information content (AvgIpc) is 2.76. The van der Waals surface area contributed by atoms with Gasteiger partial charge in [-0.2, -0.15) is 0 Å². The summed E-state index contributed by atoms with van der Waals surface area (Å²) in [6.07, 6.45) is 5.27. The summed E-state index contributed by atoms with van der Waals surface area (Å²) in [6.45, 7) is 1.01. The Kier molecular flexibility index (Phi) is 6.40. The first kappa shape index (κ1) is 20.9. The normalized spacial score (nSPS) is 26.5. The van der Waals surface area contributed by atoms with Gasteiger partial charge in [-0.15, -0.1) is 0 Å².